The summed E-state index contributed by atoms with van der Waals surface area (Å²) in [5.74, 6) is 0.316. The van der Waals surface area contributed by atoms with E-state index < -0.39 is 11.9 Å². The maximum atomic E-state index is 14.6. The van der Waals surface area contributed by atoms with Gasteiger partial charge in [0.2, 0.25) is 6.29 Å². The predicted molar refractivity (Wildman–Crippen MR) is 88.0 cm³/mol. The van der Waals surface area contributed by atoms with Crippen molar-refractivity contribution in [2.45, 2.75) is 64.0 Å². The van der Waals surface area contributed by atoms with E-state index in [1.165, 1.54) is 6.07 Å². The summed E-state index contributed by atoms with van der Waals surface area (Å²) < 4.78 is 25.4. The lowest BCUT2D eigenvalue weighted by molar-refractivity contribution is -0.111. The van der Waals surface area contributed by atoms with Crippen LogP contribution in [-0.2, 0) is 4.74 Å². The van der Waals surface area contributed by atoms with Crippen LogP contribution in [0.2, 0.25) is 0 Å². The lowest BCUT2D eigenvalue weighted by Crippen LogP contribution is -2.62. The molecule has 134 valence electrons. The smallest absolute Gasteiger partial charge is 0.214 e. The molecule has 0 bridgehead atoms. The molecule has 1 aliphatic heterocycles. The first-order valence-corrected chi connectivity index (χ1v) is 8.53. The quantitative estimate of drug-likeness (QED) is 0.808. The molecule has 2 heterocycles. The van der Waals surface area contributed by atoms with Gasteiger partial charge in [0.05, 0.1) is 11.2 Å². The molecule has 24 heavy (non-hydrogen) atoms. The van der Waals surface area contributed by atoms with Crippen molar-refractivity contribution >= 4 is 5.83 Å². The van der Waals surface area contributed by atoms with Crippen molar-refractivity contribution in [3.05, 3.63) is 29.2 Å². The van der Waals surface area contributed by atoms with E-state index in [1.807, 2.05) is 6.92 Å². The minimum absolute atomic E-state index is 0.000928. The fourth-order valence-corrected chi connectivity index (χ4v) is 3.76. The largest absolute Gasteiger partial charge is 0.460 e. The summed E-state index contributed by atoms with van der Waals surface area (Å²) >= 11 is 0. The zero-order valence-electron chi connectivity index (χ0n) is 14.6. The Bertz CT molecular complexity index is 633. The van der Waals surface area contributed by atoms with Crippen LogP contribution in [0.1, 0.15) is 63.4 Å². The Balaban J connectivity index is 1.87. The van der Waals surface area contributed by atoms with Crippen LogP contribution in [0.25, 0.3) is 5.83 Å². The molecular formula is C18H26FNO4. The topological polar surface area (TPSA) is 66.1 Å². The van der Waals surface area contributed by atoms with Crippen molar-refractivity contribution in [2.75, 3.05) is 13.2 Å². The van der Waals surface area contributed by atoms with E-state index in [9.17, 15) is 14.6 Å². The molecule has 1 aliphatic carbocycles. The summed E-state index contributed by atoms with van der Waals surface area (Å²) in [7, 11) is 0. The molecule has 5 nitrogen and oxygen atoms in total. The number of fused-ring (bicyclic) bond motifs is 1. The number of ether oxygens (including phenoxy) is 1. The van der Waals surface area contributed by atoms with Crippen LogP contribution >= 0.6 is 0 Å². The molecule has 0 saturated carbocycles. The Labute approximate surface area is 141 Å². The molecule has 6 heteroatoms. The molecule has 1 fully saturated rings. The van der Waals surface area contributed by atoms with Crippen LogP contribution in [0, 0.1) is 0 Å². The molecule has 2 aliphatic rings. The van der Waals surface area contributed by atoms with Gasteiger partial charge in [-0.05, 0) is 39.3 Å². The van der Waals surface area contributed by atoms with Crippen molar-refractivity contribution in [3.8, 4) is 0 Å². The van der Waals surface area contributed by atoms with Gasteiger partial charge in [-0.1, -0.05) is 6.92 Å². The monoisotopic (exact) mass is 339 g/mol. The number of furan rings is 1. The zero-order valence-corrected chi connectivity index (χ0v) is 14.6. The number of likely N-dealkylation sites (tertiary alicyclic amines) is 1. The van der Waals surface area contributed by atoms with Gasteiger partial charge in [-0.3, -0.25) is 4.90 Å². The fourth-order valence-electron chi connectivity index (χ4n) is 3.76. The summed E-state index contributed by atoms with van der Waals surface area (Å²) in [5, 5.41) is 20.2. The molecule has 4 atom stereocenters. The zero-order chi connectivity index (χ0) is 17.6. The van der Waals surface area contributed by atoms with E-state index in [-0.39, 0.29) is 29.6 Å². The highest BCUT2D eigenvalue weighted by atomic mass is 19.1. The number of hydrogen-bond donors (Lipinski definition) is 2. The maximum Gasteiger partial charge on any atom is 0.214 e. The predicted octanol–water partition coefficient (Wildman–Crippen LogP) is 2.95. The third-order valence-corrected chi connectivity index (χ3v) is 5.11. The van der Waals surface area contributed by atoms with Gasteiger partial charge in [0, 0.05) is 31.2 Å². The molecule has 3 rings (SSSR count). The van der Waals surface area contributed by atoms with Gasteiger partial charge < -0.3 is 19.4 Å². The highest BCUT2D eigenvalue weighted by Gasteiger charge is 2.45. The summed E-state index contributed by atoms with van der Waals surface area (Å²) in [6, 6.07) is 1.34. The number of aliphatic hydroxyl groups is 2. The number of rotatable bonds is 5. The van der Waals surface area contributed by atoms with Gasteiger partial charge in [0.1, 0.15) is 11.6 Å². The molecular weight excluding hydrogens is 313 g/mol. The molecule has 0 spiro atoms. The molecule has 2 N–H and O–H groups in total. The first-order chi connectivity index (χ1) is 11.2. The molecule has 0 amide bonds. The van der Waals surface area contributed by atoms with Crippen LogP contribution in [0.3, 0.4) is 0 Å². The molecule has 1 aromatic heterocycles. The van der Waals surface area contributed by atoms with Crippen LogP contribution < -0.4 is 0 Å². The number of hydrogen-bond acceptors (Lipinski definition) is 5. The SMILES string of the molecule is CCOC(O)c1cc2c(o1)C(C)C(N1CCC1C(C)(C)O)C=C2F. The van der Waals surface area contributed by atoms with Gasteiger partial charge in [0.25, 0.3) is 0 Å². The standard InChI is InChI=1S/C18H26FNO4/c1-5-23-17(21)14-8-11-12(19)9-13(10(2)16(11)24-14)20-7-6-15(20)18(3,4)22/h8-10,13,15,17,21-22H,5-7H2,1-4H3. The lowest BCUT2D eigenvalue weighted by atomic mass is 9.81. The average Bonchev–Trinajstić information content (AvgIpc) is 2.87. The Morgan fingerprint density at radius 1 is 1.50 bits per heavy atom. The molecule has 4 unspecified atom stereocenters. The van der Waals surface area contributed by atoms with E-state index in [2.05, 4.69) is 4.90 Å². The Kier molecular flexibility index (Phi) is 4.59. The molecule has 1 saturated heterocycles. The van der Waals surface area contributed by atoms with Crippen molar-refractivity contribution < 1.29 is 23.8 Å². The van der Waals surface area contributed by atoms with Gasteiger partial charge in [0.15, 0.2) is 5.76 Å². The van der Waals surface area contributed by atoms with Crippen molar-refractivity contribution in [1.29, 1.82) is 0 Å². The first-order valence-electron chi connectivity index (χ1n) is 8.53. The Morgan fingerprint density at radius 3 is 2.75 bits per heavy atom. The summed E-state index contributed by atoms with van der Waals surface area (Å²) in [6.07, 6.45) is 1.30. The first kappa shape index (κ1) is 17.6. The Morgan fingerprint density at radius 2 is 2.21 bits per heavy atom. The summed E-state index contributed by atoms with van der Waals surface area (Å²) in [4.78, 5) is 2.12. The van der Waals surface area contributed by atoms with E-state index in [0.29, 0.717) is 17.9 Å². The van der Waals surface area contributed by atoms with Crippen LogP contribution in [0.5, 0.6) is 0 Å². The van der Waals surface area contributed by atoms with E-state index in [4.69, 9.17) is 9.15 Å². The Hall–Kier alpha value is -1.21. The molecule has 0 radical (unpaired) electrons. The van der Waals surface area contributed by atoms with Crippen molar-refractivity contribution in [2.24, 2.45) is 0 Å². The van der Waals surface area contributed by atoms with Gasteiger partial charge >= 0.3 is 0 Å². The highest BCUT2D eigenvalue weighted by Crippen LogP contribution is 2.43. The van der Waals surface area contributed by atoms with Crippen molar-refractivity contribution in [1.82, 2.24) is 4.90 Å². The second kappa shape index (κ2) is 6.26. The maximum absolute atomic E-state index is 14.6. The minimum atomic E-state index is -1.19. The van der Waals surface area contributed by atoms with E-state index in [1.54, 1.807) is 26.8 Å². The third-order valence-electron chi connectivity index (χ3n) is 5.11. The van der Waals surface area contributed by atoms with Gasteiger partial charge in [-0.2, -0.15) is 0 Å². The minimum Gasteiger partial charge on any atom is -0.460 e. The average molecular weight is 339 g/mol. The highest BCUT2D eigenvalue weighted by molar-refractivity contribution is 5.65. The van der Waals surface area contributed by atoms with E-state index >= 15 is 0 Å². The third kappa shape index (κ3) is 2.92. The van der Waals surface area contributed by atoms with Crippen LogP contribution in [-0.4, -0.2) is 45.9 Å². The summed E-state index contributed by atoms with van der Waals surface area (Å²) in [5.41, 5.74) is -0.449. The van der Waals surface area contributed by atoms with Crippen LogP contribution in [0.15, 0.2) is 16.6 Å². The second-order valence-corrected chi connectivity index (χ2v) is 7.22. The van der Waals surface area contributed by atoms with Gasteiger partial charge in [-0.25, -0.2) is 4.39 Å². The van der Waals surface area contributed by atoms with Crippen molar-refractivity contribution in [3.63, 3.8) is 0 Å². The fraction of sp³-hybridized carbons (Fsp3) is 0.667. The normalized spacial score (nSPS) is 29.0. The summed E-state index contributed by atoms with van der Waals surface area (Å²) in [6.45, 7) is 8.47. The number of nitrogens with zero attached hydrogens (tertiary/aromatic N) is 1. The van der Waals surface area contributed by atoms with Crippen LogP contribution in [0.4, 0.5) is 4.39 Å². The van der Waals surface area contributed by atoms with Gasteiger partial charge in [-0.15, -0.1) is 0 Å². The number of halogens is 1. The lowest BCUT2D eigenvalue weighted by Gasteiger charge is -2.52. The molecule has 0 aromatic carbocycles. The molecule has 1 aromatic rings. The van der Waals surface area contributed by atoms with E-state index in [0.717, 1.165) is 13.0 Å². The number of aliphatic hydroxyl groups excluding tert-OH is 1. The second-order valence-electron chi connectivity index (χ2n) is 7.22.